The molecule has 1 aliphatic rings. The Morgan fingerprint density at radius 3 is 2.72 bits per heavy atom. The van der Waals surface area contributed by atoms with Crippen LogP contribution in [0.2, 0.25) is 0 Å². The van der Waals surface area contributed by atoms with Gasteiger partial charge in [0.1, 0.15) is 0 Å². The molecule has 2 amide bonds. The lowest BCUT2D eigenvalue weighted by atomic mass is 10.1. The standard InChI is InChI=1S/C19H27N5O/c1-14-18(15(2)23(3)22-14)9-11-20-19(25)21-16-10-12-24(13-16)17-7-5-4-6-8-17/h4-8,16H,9-13H2,1-3H3,(H2,20,21,25)/t16-/m0/s1. The van der Waals surface area contributed by atoms with Gasteiger partial charge in [0.15, 0.2) is 0 Å². The minimum absolute atomic E-state index is 0.0842. The topological polar surface area (TPSA) is 62.2 Å². The molecule has 0 radical (unpaired) electrons. The number of carbonyl (C=O) groups is 1. The van der Waals surface area contributed by atoms with Gasteiger partial charge in [-0.2, -0.15) is 5.10 Å². The van der Waals surface area contributed by atoms with Gasteiger partial charge in [-0.25, -0.2) is 4.79 Å². The second-order valence-corrected chi connectivity index (χ2v) is 6.69. The van der Waals surface area contributed by atoms with Crippen LogP contribution in [0.1, 0.15) is 23.4 Å². The first-order valence-electron chi connectivity index (χ1n) is 8.88. The van der Waals surface area contributed by atoms with E-state index in [0.29, 0.717) is 6.54 Å². The molecule has 2 aromatic rings. The average Bonchev–Trinajstić information content (AvgIpc) is 3.15. The maximum Gasteiger partial charge on any atom is 0.315 e. The zero-order chi connectivity index (χ0) is 17.8. The van der Waals surface area contributed by atoms with Crippen LogP contribution in [0.3, 0.4) is 0 Å². The minimum Gasteiger partial charge on any atom is -0.369 e. The highest BCUT2D eigenvalue weighted by Gasteiger charge is 2.23. The quantitative estimate of drug-likeness (QED) is 0.876. The summed E-state index contributed by atoms with van der Waals surface area (Å²) in [6.45, 7) is 6.53. The molecule has 25 heavy (non-hydrogen) atoms. The summed E-state index contributed by atoms with van der Waals surface area (Å²) in [5.74, 6) is 0. The molecule has 2 heterocycles. The van der Waals surface area contributed by atoms with Crippen molar-refractivity contribution in [1.29, 1.82) is 0 Å². The number of carbonyl (C=O) groups excluding carboxylic acids is 1. The second kappa shape index (κ2) is 7.59. The fourth-order valence-corrected chi connectivity index (χ4v) is 3.47. The summed E-state index contributed by atoms with van der Waals surface area (Å²) in [7, 11) is 1.95. The van der Waals surface area contributed by atoms with Gasteiger partial charge in [0.25, 0.3) is 0 Å². The van der Waals surface area contributed by atoms with Crippen molar-refractivity contribution in [3.8, 4) is 0 Å². The average molecular weight is 341 g/mol. The Kier molecular flexibility index (Phi) is 5.26. The number of benzene rings is 1. The number of aromatic nitrogens is 2. The molecule has 1 aromatic carbocycles. The Balaban J connectivity index is 1.43. The smallest absolute Gasteiger partial charge is 0.315 e. The van der Waals surface area contributed by atoms with Crippen molar-refractivity contribution in [1.82, 2.24) is 20.4 Å². The van der Waals surface area contributed by atoms with Gasteiger partial charge < -0.3 is 15.5 Å². The number of para-hydroxylation sites is 1. The van der Waals surface area contributed by atoms with Crippen LogP contribution in [0.25, 0.3) is 0 Å². The van der Waals surface area contributed by atoms with E-state index in [0.717, 1.165) is 37.3 Å². The van der Waals surface area contributed by atoms with Crippen molar-refractivity contribution < 1.29 is 4.79 Å². The van der Waals surface area contributed by atoms with E-state index in [1.54, 1.807) is 0 Å². The van der Waals surface area contributed by atoms with E-state index >= 15 is 0 Å². The molecule has 134 valence electrons. The number of amides is 2. The van der Waals surface area contributed by atoms with Gasteiger partial charge in [0.05, 0.1) is 5.69 Å². The number of nitrogens with zero attached hydrogens (tertiary/aromatic N) is 3. The van der Waals surface area contributed by atoms with Crippen LogP contribution in [0.5, 0.6) is 0 Å². The summed E-state index contributed by atoms with van der Waals surface area (Å²) in [6, 6.07) is 10.5. The van der Waals surface area contributed by atoms with Gasteiger partial charge in [-0.05, 0) is 44.4 Å². The van der Waals surface area contributed by atoms with E-state index in [1.165, 1.54) is 11.3 Å². The summed E-state index contributed by atoms with van der Waals surface area (Å²) < 4.78 is 1.89. The molecule has 0 saturated carbocycles. The van der Waals surface area contributed by atoms with Crippen LogP contribution >= 0.6 is 0 Å². The lowest BCUT2D eigenvalue weighted by molar-refractivity contribution is 0.238. The van der Waals surface area contributed by atoms with E-state index in [9.17, 15) is 4.79 Å². The molecule has 1 atom stereocenters. The zero-order valence-corrected chi connectivity index (χ0v) is 15.2. The van der Waals surface area contributed by atoms with Gasteiger partial charge in [0.2, 0.25) is 0 Å². The van der Waals surface area contributed by atoms with Crippen LogP contribution in [-0.2, 0) is 13.5 Å². The number of hydrogen-bond acceptors (Lipinski definition) is 3. The van der Waals surface area contributed by atoms with E-state index in [-0.39, 0.29) is 12.1 Å². The fraction of sp³-hybridized carbons (Fsp3) is 0.474. The molecule has 0 spiro atoms. The summed E-state index contributed by atoms with van der Waals surface area (Å²) in [5, 5.41) is 10.5. The van der Waals surface area contributed by atoms with E-state index in [2.05, 4.69) is 39.7 Å². The highest BCUT2D eigenvalue weighted by Crippen LogP contribution is 2.19. The van der Waals surface area contributed by atoms with Crippen molar-refractivity contribution in [2.75, 3.05) is 24.5 Å². The predicted octanol–water partition coefficient (Wildman–Crippen LogP) is 2.16. The number of anilines is 1. The van der Waals surface area contributed by atoms with Crippen molar-refractivity contribution in [3.63, 3.8) is 0 Å². The van der Waals surface area contributed by atoms with Crippen LogP contribution in [0, 0.1) is 13.8 Å². The van der Waals surface area contributed by atoms with Crippen molar-refractivity contribution in [2.24, 2.45) is 7.05 Å². The maximum absolute atomic E-state index is 12.1. The number of urea groups is 1. The third-order valence-corrected chi connectivity index (χ3v) is 4.96. The van der Waals surface area contributed by atoms with E-state index < -0.39 is 0 Å². The second-order valence-electron chi connectivity index (χ2n) is 6.69. The molecule has 6 heteroatoms. The van der Waals surface area contributed by atoms with Gasteiger partial charge in [-0.15, -0.1) is 0 Å². The molecule has 1 fully saturated rings. The summed E-state index contributed by atoms with van der Waals surface area (Å²) in [4.78, 5) is 14.5. The Morgan fingerprint density at radius 1 is 1.28 bits per heavy atom. The summed E-state index contributed by atoms with van der Waals surface area (Å²) in [5.41, 5.74) is 4.64. The van der Waals surface area contributed by atoms with Crippen LogP contribution in [0.4, 0.5) is 10.5 Å². The largest absolute Gasteiger partial charge is 0.369 e. The van der Waals surface area contributed by atoms with Crippen LogP contribution in [0.15, 0.2) is 30.3 Å². The molecule has 0 aliphatic carbocycles. The SMILES string of the molecule is Cc1nn(C)c(C)c1CCNC(=O)N[C@H]1CCN(c2ccccc2)C1. The molecular formula is C19H27N5O. The van der Waals surface area contributed by atoms with Gasteiger partial charge in [0, 0.05) is 44.1 Å². The van der Waals surface area contributed by atoms with E-state index in [4.69, 9.17) is 0 Å². The molecule has 2 N–H and O–H groups in total. The van der Waals surface area contributed by atoms with Crippen molar-refractivity contribution >= 4 is 11.7 Å². The highest BCUT2D eigenvalue weighted by molar-refractivity contribution is 5.74. The number of rotatable bonds is 5. The number of aryl methyl sites for hydroxylation is 2. The summed E-state index contributed by atoms with van der Waals surface area (Å²) >= 11 is 0. The predicted molar refractivity (Wildman–Crippen MR) is 100.0 cm³/mol. The van der Waals surface area contributed by atoms with Gasteiger partial charge in [-0.3, -0.25) is 4.68 Å². The van der Waals surface area contributed by atoms with Gasteiger partial charge in [-0.1, -0.05) is 18.2 Å². The van der Waals surface area contributed by atoms with E-state index in [1.807, 2.05) is 36.9 Å². The monoisotopic (exact) mass is 341 g/mol. The molecule has 0 unspecified atom stereocenters. The molecule has 6 nitrogen and oxygen atoms in total. The minimum atomic E-state index is -0.0842. The first-order valence-corrected chi connectivity index (χ1v) is 8.88. The Morgan fingerprint density at radius 2 is 2.04 bits per heavy atom. The molecule has 1 saturated heterocycles. The lowest BCUT2D eigenvalue weighted by Gasteiger charge is -2.19. The van der Waals surface area contributed by atoms with Crippen LogP contribution in [-0.4, -0.2) is 41.5 Å². The van der Waals surface area contributed by atoms with Crippen LogP contribution < -0.4 is 15.5 Å². The summed E-state index contributed by atoms with van der Waals surface area (Å²) in [6.07, 6.45) is 1.78. The maximum atomic E-state index is 12.1. The fourth-order valence-electron chi connectivity index (χ4n) is 3.47. The molecule has 3 rings (SSSR count). The van der Waals surface area contributed by atoms with Crippen molar-refractivity contribution in [2.45, 2.75) is 32.7 Å². The number of nitrogens with one attached hydrogen (secondary N) is 2. The van der Waals surface area contributed by atoms with Gasteiger partial charge >= 0.3 is 6.03 Å². The third kappa shape index (κ3) is 4.13. The molecule has 1 aliphatic heterocycles. The Hall–Kier alpha value is -2.50. The first-order chi connectivity index (χ1) is 12.0. The highest BCUT2D eigenvalue weighted by atomic mass is 16.2. The Bertz CT molecular complexity index is 725. The number of hydrogen-bond donors (Lipinski definition) is 2. The zero-order valence-electron chi connectivity index (χ0n) is 15.2. The molecule has 1 aromatic heterocycles. The lowest BCUT2D eigenvalue weighted by Crippen LogP contribution is -2.44. The molecular weight excluding hydrogens is 314 g/mol. The molecule has 0 bridgehead atoms. The van der Waals surface area contributed by atoms with Crippen molar-refractivity contribution in [3.05, 3.63) is 47.3 Å². The first kappa shape index (κ1) is 17.3. The normalized spacial score (nSPS) is 16.9. The Labute approximate surface area is 149 Å². The third-order valence-electron chi connectivity index (χ3n) is 4.96.